The van der Waals surface area contributed by atoms with Crippen LogP contribution < -0.4 is 0 Å². The van der Waals surface area contributed by atoms with E-state index in [1.165, 1.54) is 4.31 Å². The Kier molecular flexibility index (Phi) is 5.43. The molecule has 4 rings (SSSR count). The Labute approximate surface area is 171 Å². The highest BCUT2D eigenvalue weighted by Gasteiger charge is 2.28. The molecule has 1 N–H and O–H groups in total. The summed E-state index contributed by atoms with van der Waals surface area (Å²) < 4.78 is 27.4. The van der Waals surface area contributed by atoms with Crippen LogP contribution in [0.5, 0.6) is 0 Å². The lowest BCUT2D eigenvalue weighted by molar-refractivity contribution is -0.130. The number of nitrogens with zero attached hydrogens (tertiary/aromatic N) is 2. The molecule has 1 amide bonds. The Morgan fingerprint density at radius 2 is 1.76 bits per heavy atom. The molecular weight excluding hydrogens is 386 g/mol. The fraction of sp³-hybridized carbons (Fsp3) is 0.318. The number of aryl methyl sites for hydroxylation is 1. The number of nitrogens with one attached hydrogen (secondary N) is 1. The van der Waals surface area contributed by atoms with Gasteiger partial charge in [-0.15, -0.1) is 0 Å². The third kappa shape index (κ3) is 4.06. The van der Waals surface area contributed by atoms with Crippen LogP contribution in [0, 0.1) is 6.92 Å². The average molecular weight is 412 g/mol. The molecule has 1 saturated heterocycles. The summed E-state index contributed by atoms with van der Waals surface area (Å²) in [6, 6.07) is 14.8. The van der Waals surface area contributed by atoms with Gasteiger partial charge in [-0.05, 0) is 37.1 Å². The molecule has 1 aliphatic heterocycles. The first kappa shape index (κ1) is 19.7. The Morgan fingerprint density at radius 3 is 2.55 bits per heavy atom. The van der Waals surface area contributed by atoms with E-state index in [9.17, 15) is 13.2 Å². The fourth-order valence-corrected chi connectivity index (χ4v) is 5.27. The van der Waals surface area contributed by atoms with Gasteiger partial charge in [0.15, 0.2) is 0 Å². The zero-order valence-corrected chi connectivity index (χ0v) is 17.3. The summed E-state index contributed by atoms with van der Waals surface area (Å²) in [6.45, 7) is 3.65. The van der Waals surface area contributed by atoms with E-state index in [-0.39, 0.29) is 5.91 Å². The van der Waals surface area contributed by atoms with Gasteiger partial charge in [0, 0.05) is 43.3 Å². The number of aromatic amines is 1. The Hall–Kier alpha value is -2.64. The van der Waals surface area contributed by atoms with Gasteiger partial charge in [-0.1, -0.05) is 35.9 Å². The first-order valence-electron chi connectivity index (χ1n) is 9.85. The van der Waals surface area contributed by atoms with E-state index < -0.39 is 10.0 Å². The molecule has 6 nitrogen and oxygen atoms in total. The number of para-hydroxylation sites is 1. The van der Waals surface area contributed by atoms with Crippen LogP contribution in [0.3, 0.4) is 0 Å². The van der Waals surface area contributed by atoms with Crippen molar-refractivity contribution in [1.82, 2.24) is 14.2 Å². The summed E-state index contributed by atoms with van der Waals surface area (Å²) in [5.41, 5.74) is 3.01. The number of carbonyl (C=O) groups excluding carboxylic acids is 1. The molecule has 1 aromatic heterocycles. The molecule has 7 heteroatoms. The number of H-pyrrole nitrogens is 1. The number of rotatable bonds is 4. The Bertz CT molecular complexity index is 1120. The summed E-state index contributed by atoms with van der Waals surface area (Å²) in [6.07, 6.45) is 2.83. The van der Waals surface area contributed by atoms with Crippen molar-refractivity contribution in [3.05, 3.63) is 65.9 Å². The minimum absolute atomic E-state index is 0.0318. The lowest BCUT2D eigenvalue weighted by Gasteiger charge is -2.22. The van der Waals surface area contributed by atoms with Crippen molar-refractivity contribution < 1.29 is 13.2 Å². The molecule has 29 heavy (non-hydrogen) atoms. The first-order chi connectivity index (χ1) is 13.9. The molecule has 2 aromatic carbocycles. The summed E-state index contributed by atoms with van der Waals surface area (Å²) in [4.78, 5) is 18.2. The van der Waals surface area contributed by atoms with Crippen LogP contribution in [0.4, 0.5) is 0 Å². The van der Waals surface area contributed by atoms with Gasteiger partial charge >= 0.3 is 0 Å². The van der Waals surface area contributed by atoms with E-state index in [0.29, 0.717) is 43.9 Å². The molecule has 0 atom stereocenters. The molecular formula is C22H25N3O3S. The van der Waals surface area contributed by atoms with Gasteiger partial charge in [0.1, 0.15) is 0 Å². The van der Waals surface area contributed by atoms with Gasteiger partial charge in [-0.3, -0.25) is 4.79 Å². The molecule has 2 heterocycles. The number of fused-ring (bicyclic) bond motifs is 1. The van der Waals surface area contributed by atoms with Crippen LogP contribution in [-0.4, -0.2) is 54.7 Å². The largest absolute Gasteiger partial charge is 0.361 e. The number of amides is 1. The van der Waals surface area contributed by atoms with Gasteiger partial charge in [0.25, 0.3) is 0 Å². The molecule has 3 aromatic rings. The second-order valence-corrected chi connectivity index (χ2v) is 9.43. The molecule has 152 valence electrons. The van der Waals surface area contributed by atoms with Crippen LogP contribution in [0.1, 0.15) is 17.5 Å². The van der Waals surface area contributed by atoms with Crippen molar-refractivity contribution in [1.29, 1.82) is 0 Å². The molecule has 0 saturated carbocycles. The predicted octanol–water partition coefficient (Wildman–Crippen LogP) is 2.94. The Balaban J connectivity index is 1.44. The second kappa shape index (κ2) is 8.00. The third-order valence-corrected chi connectivity index (χ3v) is 7.40. The molecule has 0 spiro atoms. The van der Waals surface area contributed by atoms with Gasteiger partial charge in [-0.2, -0.15) is 4.31 Å². The number of hydrogen-bond donors (Lipinski definition) is 1. The van der Waals surface area contributed by atoms with Crippen molar-refractivity contribution in [3.8, 4) is 0 Å². The van der Waals surface area contributed by atoms with E-state index in [1.54, 1.807) is 17.0 Å². The maximum absolute atomic E-state index is 12.9. The number of benzene rings is 2. The Morgan fingerprint density at radius 1 is 1.00 bits per heavy atom. The first-order valence-corrected chi connectivity index (χ1v) is 11.3. The van der Waals surface area contributed by atoms with Crippen molar-refractivity contribution in [2.24, 2.45) is 0 Å². The molecule has 0 radical (unpaired) electrons. The van der Waals surface area contributed by atoms with Crippen LogP contribution in [-0.2, 0) is 21.2 Å². The van der Waals surface area contributed by atoms with Crippen LogP contribution in [0.2, 0.25) is 0 Å². The number of aromatic nitrogens is 1. The molecule has 0 bridgehead atoms. The zero-order valence-electron chi connectivity index (χ0n) is 16.5. The van der Waals surface area contributed by atoms with Crippen molar-refractivity contribution in [2.45, 2.75) is 24.7 Å². The smallest absolute Gasteiger partial charge is 0.243 e. The quantitative estimate of drug-likeness (QED) is 0.717. The highest BCUT2D eigenvalue weighted by molar-refractivity contribution is 7.89. The monoisotopic (exact) mass is 411 g/mol. The van der Waals surface area contributed by atoms with Gasteiger partial charge in [0.2, 0.25) is 15.9 Å². The number of sulfonamides is 1. The summed E-state index contributed by atoms with van der Waals surface area (Å²) in [5.74, 6) is 0.0318. The highest BCUT2D eigenvalue weighted by atomic mass is 32.2. The lowest BCUT2D eigenvalue weighted by atomic mass is 10.1. The average Bonchev–Trinajstić information content (AvgIpc) is 2.95. The fourth-order valence-electron chi connectivity index (χ4n) is 3.80. The normalized spacial score (nSPS) is 16.1. The number of carbonyl (C=O) groups is 1. The van der Waals surface area contributed by atoms with E-state index in [1.807, 2.05) is 49.5 Å². The lowest BCUT2D eigenvalue weighted by Crippen LogP contribution is -2.37. The standard InChI is InChI=1S/C22H25N3O3S/c1-17-7-9-19(10-8-17)29(27,28)25-12-4-11-24(13-14-25)22(26)15-18-16-23-21-6-3-2-5-20(18)21/h2-3,5-10,16,23H,4,11-15H2,1H3. The molecule has 1 aliphatic rings. The van der Waals surface area contributed by atoms with E-state index >= 15 is 0 Å². The van der Waals surface area contributed by atoms with Gasteiger partial charge < -0.3 is 9.88 Å². The topological polar surface area (TPSA) is 73.5 Å². The van der Waals surface area contributed by atoms with Crippen molar-refractivity contribution in [3.63, 3.8) is 0 Å². The summed E-state index contributed by atoms with van der Waals surface area (Å²) in [5, 5.41) is 1.05. The van der Waals surface area contributed by atoms with E-state index in [0.717, 1.165) is 22.0 Å². The van der Waals surface area contributed by atoms with Crippen LogP contribution in [0.25, 0.3) is 10.9 Å². The minimum Gasteiger partial charge on any atom is -0.361 e. The minimum atomic E-state index is -3.54. The van der Waals surface area contributed by atoms with Gasteiger partial charge in [-0.25, -0.2) is 8.42 Å². The third-order valence-electron chi connectivity index (χ3n) is 5.48. The zero-order chi connectivity index (χ0) is 20.4. The van der Waals surface area contributed by atoms with E-state index in [2.05, 4.69) is 4.98 Å². The molecule has 0 aliphatic carbocycles. The van der Waals surface area contributed by atoms with Crippen LogP contribution >= 0.6 is 0 Å². The summed E-state index contributed by atoms with van der Waals surface area (Å²) in [7, 11) is -3.54. The second-order valence-electron chi connectivity index (χ2n) is 7.49. The van der Waals surface area contributed by atoms with Crippen LogP contribution in [0.15, 0.2) is 59.6 Å². The molecule has 1 fully saturated rings. The highest BCUT2D eigenvalue weighted by Crippen LogP contribution is 2.21. The van der Waals surface area contributed by atoms with Gasteiger partial charge in [0.05, 0.1) is 11.3 Å². The SMILES string of the molecule is Cc1ccc(S(=O)(=O)N2CCCN(C(=O)Cc3c[nH]c4ccccc34)CC2)cc1. The summed E-state index contributed by atoms with van der Waals surface area (Å²) >= 11 is 0. The van der Waals surface area contributed by atoms with E-state index in [4.69, 9.17) is 0 Å². The van der Waals surface area contributed by atoms with Crippen molar-refractivity contribution >= 4 is 26.8 Å². The predicted molar refractivity (Wildman–Crippen MR) is 113 cm³/mol. The maximum atomic E-state index is 12.9. The van der Waals surface area contributed by atoms with Crippen molar-refractivity contribution in [2.75, 3.05) is 26.2 Å². The molecule has 0 unspecified atom stereocenters. The maximum Gasteiger partial charge on any atom is 0.243 e. The number of hydrogen-bond acceptors (Lipinski definition) is 3.